The van der Waals surface area contributed by atoms with Gasteiger partial charge in [0.2, 0.25) is 0 Å². The Kier molecular flexibility index (Phi) is 4.85. The molecule has 25 heavy (non-hydrogen) atoms. The number of pyridine rings is 1. The number of hydrogen-bond acceptors (Lipinski definition) is 6. The van der Waals surface area contributed by atoms with Gasteiger partial charge in [0.05, 0.1) is 12.8 Å². The Bertz CT molecular complexity index is 910. The first-order valence-electron chi connectivity index (χ1n) is 7.36. The van der Waals surface area contributed by atoms with Crippen LogP contribution in [0.2, 0.25) is 5.02 Å². The van der Waals surface area contributed by atoms with Gasteiger partial charge in [-0.05, 0) is 37.3 Å². The third kappa shape index (κ3) is 4.07. The van der Waals surface area contributed by atoms with Crippen molar-refractivity contribution in [3.05, 3.63) is 58.9 Å². The second-order valence-corrected chi connectivity index (χ2v) is 5.61. The molecule has 2 heterocycles. The highest BCUT2D eigenvalue weighted by Crippen LogP contribution is 2.30. The third-order valence-electron chi connectivity index (χ3n) is 3.32. The first-order chi connectivity index (χ1) is 12.0. The van der Waals surface area contributed by atoms with Crippen LogP contribution in [-0.4, -0.2) is 23.2 Å². The summed E-state index contributed by atoms with van der Waals surface area (Å²) in [6.07, 6.45) is 1.53. The average Bonchev–Trinajstić information content (AvgIpc) is 3.00. The van der Waals surface area contributed by atoms with Crippen LogP contribution in [0.4, 0.5) is 17.3 Å². The number of aryl methyl sites for hydroxylation is 1. The fourth-order valence-corrected chi connectivity index (χ4v) is 2.34. The summed E-state index contributed by atoms with van der Waals surface area (Å²) in [7, 11) is 1.56. The van der Waals surface area contributed by atoms with Gasteiger partial charge in [-0.25, -0.2) is 4.98 Å². The summed E-state index contributed by atoms with van der Waals surface area (Å²) in [5.74, 6) is 1.73. The summed E-state index contributed by atoms with van der Waals surface area (Å²) in [5, 5.41) is 10.0. The molecule has 3 aromatic rings. The van der Waals surface area contributed by atoms with E-state index >= 15 is 0 Å². The number of nitrogens with zero attached hydrogens (tertiary/aromatic N) is 2. The second kappa shape index (κ2) is 7.23. The van der Waals surface area contributed by atoms with Crippen LogP contribution in [0.25, 0.3) is 0 Å². The highest BCUT2D eigenvalue weighted by atomic mass is 35.5. The third-order valence-corrected chi connectivity index (χ3v) is 3.55. The summed E-state index contributed by atoms with van der Waals surface area (Å²) in [4.78, 5) is 16.5. The van der Waals surface area contributed by atoms with E-state index in [1.165, 1.54) is 6.20 Å². The van der Waals surface area contributed by atoms with Gasteiger partial charge in [-0.2, -0.15) is 0 Å². The summed E-state index contributed by atoms with van der Waals surface area (Å²) >= 11 is 6.02. The Morgan fingerprint density at radius 1 is 1.20 bits per heavy atom. The first-order valence-corrected chi connectivity index (χ1v) is 7.74. The Morgan fingerprint density at radius 3 is 2.76 bits per heavy atom. The largest absolute Gasteiger partial charge is 0.495 e. The molecule has 0 radical (unpaired) electrons. The van der Waals surface area contributed by atoms with E-state index in [0.29, 0.717) is 39.4 Å². The minimum absolute atomic E-state index is 0.322. The molecule has 0 fully saturated rings. The van der Waals surface area contributed by atoms with Crippen LogP contribution in [-0.2, 0) is 0 Å². The van der Waals surface area contributed by atoms with Crippen molar-refractivity contribution >= 4 is 34.8 Å². The Morgan fingerprint density at radius 2 is 2.04 bits per heavy atom. The number of benzene rings is 1. The topological polar surface area (TPSA) is 89.3 Å². The lowest BCUT2D eigenvalue weighted by atomic mass is 10.2. The predicted octanol–water partition coefficient (Wildman–Crippen LogP) is 4.04. The van der Waals surface area contributed by atoms with E-state index in [1.807, 2.05) is 0 Å². The molecule has 0 spiro atoms. The van der Waals surface area contributed by atoms with E-state index in [0.717, 1.165) is 0 Å². The fourth-order valence-electron chi connectivity index (χ4n) is 2.17. The van der Waals surface area contributed by atoms with Crippen LogP contribution in [0.5, 0.6) is 5.75 Å². The molecule has 0 aliphatic rings. The molecule has 0 unspecified atom stereocenters. The van der Waals surface area contributed by atoms with Gasteiger partial charge < -0.3 is 19.9 Å². The molecule has 0 atom stereocenters. The second-order valence-electron chi connectivity index (χ2n) is 5.18. The molecule has 0 saturated carbocycles. The zero-order valence-corrected chi connectivity index (χ0v) is 14.3. The van der Waals surface area contributed by atoms with Gasteiger partial charge in [0.15, 0.2) is 5.82 Å². The lowest BCUT2D eigenvalue weighted by Gasteiger charge is -2.11. The molecule has 1 aromatic carbocycles. The van der Waals surface area contributed by atoms with Crippen molar-refractivity contribution in [1.82, 2.24) is 10.1 Å². The number of aromatic nitrogens is 2. The van der Waals surface area contributed by atoms with Gasteiger partial charge in [-0.1, -0.05) is 16.8 Å². The molecule has 0 saturated heterocycles. The van der Waals surface area contributed by atoms with Crippen LogP contribution in [0.1, 0.15) is 16.1 Å². The van der Waals surface area contributed by atoms with Crippen molar-refractivity contribution in [3.63, 3.8) is 0 Å². The number of rotatable bonds is 5. The van der Waals surface area contributed by atoms with Crippen molar-refractivity contribution in [2.45, 2.75) is 6.92 Å². The van der Waals surface area contributed by atoms with Crippen molar-refractivity contribution in [2.24, 2.45) is 0 Å². The Labute approximate surface area is 149 Å². The summed E-state index contributed by atoms with van der Waals surface area (Å²) in [5.41, 5.74) is 1.06. The number of amides is 1. The predicted molar refractivity (Wildman–Crippen MR) is 94.7 cm³/mol. The number of anilines is 3. The molecule has 1 amide bonds. The van der Waals surface area contributed by atoms with Crippen molar-refractivity contribution in [3.8, 4) is 5.75 Å². The molecule has 128 valence electrons. The maximum absolute atomic E-state index is 12.3. The van der Waals surface area contributed by atoms with E-state index in [1.54, 1.807) is 50.4 Å². The quantitative estimate of drug-likeness (QED) is 0.715. The maximum atomic E-state index is 12.3. The lowest BCUT2D eigenvalue weighted by Crippen LogP contribution is -2.12. The van der Waals surface area contributed by atoms with Gasteiger partial charge in [-0.3, -0.25) is 4.79 Å². The number of carbonyl (C=O) groups is 1. The smallest absolute Gasteiger partial charge is 0.257 e. The standard InChI is InChI=1S/C17H15ClN4O3/c1-10-7-16(22-25-10)21-17(23)11-5-6-19-15(8-11)20-13-9-12(18)3-4-14(13)24-2/h3-9H,1-2H3,(H,19,20)(H,21,22,23). The zero-order valence-electron chi connectivity index (χ0n) is 13.5. The van der Waals surface area contributed by atoms with Crippen LogP contribution < -0.4 is 15.4 Å². The average molecular weight is 359 g/mol. The Hall–Kier alpha value is -3.06. The molecule has 8 heteroatoms. The lowest BCUT2D eigenvalue weighted by molar-refractivity contribution is 0.102. The van der Waals surface area contributed by atoms with Crippen molar-refractivity contribution < 1.29 is 14.1 Å². The number of hydrogen-bond donors (Lipinski definition) is 2. The fraction of sp³-hybridized carbons (Fsp3) is 0.118. The van der Waals surface area contributed by atoms with E-state index in [4.69, 9.17) is 20.9 Å². The molecule has 0 bridgehead atoms. The molecule has 2 N–H and O–H groups in total. The highest BCUT2D eigenvalue weighted by molar-refractivity contribution is 6.31. The molecule has 3 rings (SSSR count). The van der Waals surface area contributed by atoms with E-state index in [-0.39, 0.29) is 5.91 Å². The summed E-state index contributed by atoms with van der Waals surface area (Å²) in [6.45, 7) is 1.75. The zero-order chi connectivity index (χ0) is 17.8. The van der Waals surface area contributed by atoms with E-state index in [2.05, 4.69) is 20.8 Å². The van der Waals surface area contributed by atoms with Gasteiger partial charge in [-0.15, -0.1) is 0 Å². The van der Waals surface area contributed by atoms with Crippen molar-refractivity contribution in [1.29, 1.82) is 0 Å². The van der Waals surface area contributed by atoms with Crippen molar-refractivity contribution in [2.75, 3.05) is 17.7 Å². The molecular formula is C17H15ClN4O3. The number of carbonyl (C=O) groups excluding carboxylic acids is 1. The minimum atomic E-state index is -0.322. The minimum Gasteiger partial charge on any atom is -0.495 e. The van der Waals surface area contributed by atoms with Crippen LogP contribution in [0.3, 0.4) is 0 Å². The monoisotopic (exact) mass is 358 g/mol. The van der Waals surface area contributed by atoms with Gasteiger partial charge in [0, 0.05) is 22.8 Å². The highest BCUT2D eigenvalue weighted by Gasteiger charge is 2.11. The molecule has 0 aliphatic carbocycles. The maximum Gasteiger partial charge on any atom is 0.257 e. The van der Waals surface area contributed by atoms with Gasteiger partial charge in [0.1, 0.15) is 17.3 Å². The number of nitrogens with one attached hydrogen (secondary N) is 2. The molecule has 2 aromatic heterocycles. The van der Waals surface area contributed by atoms with Crippen LogP contribution in [0, 0.1) is 6.92 Å². The SMILES string of the molecule is COc1ccc(Cl)cc1Nc1cc(C(=O)Nc2cc(C)on2)ccn1. The van der Waals surface area contributed by atoms with Crippen LogP contribution in [0.15, 0.2) is 47.1 Å². The number of halogens is 1. The molecule has 0 aliphatic heterocycles. The Balaban J connectivity index is 1.79. The number of methoxy groups -OCH3 is 1. The van der Waals surface area contributed by atoms with Crippen LogP contribution >= 0.6 is 11.6 Å². The van der Waals surface area contributed by atoms with Gasteiger partial charge in [0.25, 0.3) is 5.91 Å². The first kappa shape index (κ1) is 16.8. The number of ether oxygens (including phenoxy) is 1. The summed E-state index contributed by atoms with van der Waals surface area (Å²) in [6, 6.07) is 10.0. The summed E-state index contributed by atoms with van der Waals surface area (Å²) < 4.78 is 10.2. The normalized spacial score (nSPS) is 10.4. The van der Waals surface area contributed by atoms with E-state index in [9.17, 15) is 4.79 Å². The molecule has 7 nitrogen and oxygen atoms in total. The van der Waals surface area contributed by atoms with Gasteiger partial charge >= 0.3 is 0 Å². The van der Waals surface area contributed by atoms with E-state index < -0.39 is 0 Å². The molecular weight excluding hydrogens is 344 g/mol.